The molecule has 0 spiro atoms. The maximum absolute atomic E-state index is 12.5. The molecule has 0 saturated heterocycles. The quantitative estimate of drug-likeness (QED) is 0.677. The molecule has 0 atom stereocenters. The van der Waals surface area contributed by atoms with Crippen LogP contribution < -0.4 is 19.5 Å². The highest BCUT2D eigenvalue weighted by molar-refractivity contribution is 7.89. The van der Waals surface area contributed by atoms with Gasteiger partial charge in [-0.1, -0.05) is 6.07 Å². The van der Waals surface area contributed by atoms with E-state index < -0.39 is 16.6 Å². The molecule has 0 radical (unpaired) electrons. The molecule has 29 heavy (non-hydrogen) atoms. The zero-order valence-electron chi connectivity index (χ0n) is 15.6. The van der Waals surface area contributed by atoms with E-state index in [0.717, 1.165) is 5.56 Å². The van der Waals surface area contributed by atoms with Crippen molar-refractivity contribution in [1.29, 1.82) is 0 Å². The van der Waals surface area contributed by atoms with Crippen LogP contribution in [0.2, 0.25) is 0 Å². The minimum absolute atomic E-state index is 0.0898. The van der Waals surface area contributed by atoms with E-state index >= 15 is 0 Å². The van der Waals surface area contributed by atoms with E-state index in [4.69, 9.17) is 4.74 Å². The molecule has 10 heteroatoms. The fraction of sp³-hybridized carbons (Fsp3) is 0.316. The highest BCUT2D eigenvalue weighted by atomic mass is 32.2. The smallest absolute Gasteiger partial charge is 0.387 e. The summed E-state index contributed by atoms with van der Waals surface area (Å²) < 4.78 is 61.8. The number of fused-ring (bicyclic) bond motifs is 1. The molecule has 0 aliphatic carbocycles. The normalized spacial score (nSPS) is 13.7. The predicted octanol–water partition coefficient (Wildman–Crippen LogP) is 2.70. The molecule has 0 bridgehead atoms. The summed E-state index contributed by atoms with van der Waals surface area (Å²) in [6.45, 7) is -2.86. The lowest BCUT2D eigenvalue weighted by Crippen LogP contribution is -2.26. The number of anilines is 1. The zero-order chi connectivity index (χ0) is 21.0. The van der Waals surface area contributed by atoms with Gasteiger partial charge >= 0.3 is 6.61 Å². The first-order valence-electron chi connectivity index (χ1n) is 8.82. The van der Waals surface area contributed by atoms with Crippen molar-refractivity contribution in [2.45, 2.75) is 30.8 Å². The minimum Gasteiger partial charge on any atom is -0.493 e. The van der Waals surface area contributed by atoms with Gasteiger partial charge in [-0.25, -0.2) is 13.1 Å². The van der Waals surface area contributed by atoms with Crippen molar-refractivity contribution in [2.24, 2.45) is 0 Å². The molecule has 0 unspecified atom stereocenters. The number of sulfonamides is 1. The average molecular weight is 426 g/mol. The Kier molecular flexibility index (Phi) is 6.33. The molecule has 0 aromatic heterocycles. The van der Waals surface area contributed by atoms with Gasteiger partial charge in [0.25, 0.3) is 0 Å². The number of aryl methyl sites for hydroxylation is 1. The van der Waals surface area contributed by atoms with Crippen molar-refractivity contribution in [2.75, 3.05) is 19.0 Å². The number of rotatable bonds is 8. The first-order chi connectivity index (χ1) is 13.8. The lowest BCUT2D eigenvalue weighted by molar-refractivity contribution is -0.116. The van der Waals surface area contributed by atoms with Crippen LogP contribution in [0.25, 0.3) is 0 Å². The third kappa shape index (κ3) is 5.21. The first kappa shape index (κ1) is 21.0. The van der Waals surface area contributed by atoms with Gasteiger partial charge in [0.1, 0.15) is 0 Å². The second-order valence-electron chi connectivity index (χ2n) is 6.38. The molecule has 0 saturated carbocycles. The summed E-state index contributed by atoms with van der Waals surface area (Å²) in [5, 5.41) is 2.71. The Morgan fingerprint density at radius 1 is 1.14 bits per heavy atom. The van der Waals surface area contributed by atoms with E-state index in [2.05, 4.69) is 14.8 Å². The molecule has 7 nitrogen and oxygen atoms in total. The zero-order valence-corrected chi connectivity index (χ0v) is 16.4. The summed E-state index contributed by atoms with van der Waals surface area (Å²) in [4.78, 5) is 11.5. The number of amides is 1. The van der Waals surface area contributed by atoms with Gasteiger partial charge in [0.15, 0.2) is 11.5 Å². The average Bonchev–Trinajstić information content (AvgIpc) is 2.68. The summed E-state index contributed by atoms with van der Waals surface area (Å²) >= 11 is 0. The number of carbonyl (C=O) groups is 1. The van der Waals surface area contributed by atoms with E-state index in [1.807, 2.05) is 0 Å². The van der Waals surface area contributed by atoms with Crippen LogP contribution in [0.4, 0.5) is 14.5 Å². The molecule has 2 N–H and O–H groups in total. The van der Waals surface area contributed by atoms with E-state index in [1.54, 1.807) is 18.2 Å². The van der Waals surface area contributed by atoms with Gasteiger partial charge in [-0.2, -0.15) is 8.78 Å². The molecular weight excluding hydrogens is 406 g/mol. The van der Waals surface area contributed by atoms with Crippen molar-refractivity contribution in [3.05, 3.63) is 47.5 Å². The number of carbonyl (C=O) groups excluding carboxylic acids is 1. The van der Waals surface area contributed by atoms with Crippen LogP contribution in [0.5, 0.6) is 11.5 Å². The third-order valence-electron chi connectivity index (χ3n) is 4.43. The standard InChI is InChI=1S/C19H20F2N2O5S/c1-27-17-10-12(2-6-16(17)28-19(20)21)8-9-22-29(25,26)14-4-5-15-13(11-14)3-7-18(24)23-15/h2,4-6,10-11,19,22H,3,7-9H2,1H3,(H,23,24). The number of benzene rings is 2. The fourth-order valence-corrected chi connectivity index (χ4v) is 4.08. The SMILES string of the molecule is COc1cc(CCNS(=O)(=O)c2ccc3c(c2)CCC(=O)N3)ccc1OC(F)F. The molecule has 0 fully saturated rings. The summed E-state index contributed by atoms with van der Waals surface area (Å²) in [7, 11) is -2.40. The summed E-state index contributed by atoms with van der Waals surface area (Å²) in [6, 6.07) is 9.01. The second kappa shape index (κ2) is 8.75. The maximum atomic E-state index is 12.5. The van der Waals surface area contributed by atoms with Gasteiger partial charge in [0.05, 0.1) is 12.0 Å². The Labute approximate surface area is 167 Å². The van der Waals surface area contributed by atoms with E-state index in [9.17, 15) is 22.0 Å². The Morgan fingerprint density at radius 2 is 1.93 bits per heavy atom. The summed E-state index contributed by atoms with van der Waals surface area (Å²) in [6.07, 6.45) is 1.12. The highest BCUT2D eigenvalue weighted by Gasteiger charge is 2.20. The van der Waals surface area contributed by atoms with E-state index in [1.165, 1.54) is 25.3 Å². The molecule has 1 aliphatic heterocycles. The van der Waals surface area contributed by atoms with Gasteiger partial charge in [0.2, 0.25) is 15.9 Å². The van der Waals surface area contributed by atoms with Gasteiger partial charge in [-0.15, -0.1) is 0 Å². The lowest BCUT2D eigenvalue weighted by Gasteiger charge is -2.17. The molecule has 2 aromatic rings. The molecule has 156 valence electrons. The highest BCUT2D eigenvalue weighted by Crippen LogP contribution is 2.29. The monoisotopic (exact) mass is 426 g/mol. The largest absolute Gasteiger partial charge is 0.493 e. The topological polar surface area (TPSA) is 93.7 Å². The van der Waals surface area contributed by atoms with Crippen molar-refractivity contribution in [3.63, 3.8) is 0 Å². The van der Waals surface area contributed by atoms with Crippen LogP contribution in [0.3, 0.4) is 0 Å². The van der Waals surface area contributed by atoms with Crippen molar-refractivity contribution >= 4 is 21.6 Å². The summed E-state index contributed by atoms with van der Waals surface area (Å²) in [5.74, 6) is -0.0398. The Hall–Kier alpha value is -2.72. The van der Waals surface area contributed by atoms with E-state index in [-0.39, 0.29) is 28.8 Å². The molecule has 1 amide bonds. The van der Waals surface area contributed by atoms with Crippen molar-refractivity contribution in [3.8, 4) is 11.5 Å². The summed E-state index contributed by atoms with van der Waals surface area (Å²) in [5.41, 5.74) is 2.09. The van der Waals surface area contributed by atoms with Gasteiger partial charge in [-0.05, 0) is 54.3 Å². The number of alkyl halides is 2. The van der Waals surface area contributed by atoms with Crippen molar-refractivity contribution in [1.82, 2.24) is 4.72 Å². The van der Waals surface area contributed by atoms with E-state index in [0.29, 0.717) is 30.5 Å². The molecule has 1 heterocycles. The van der Waals surface area contributed by atoms with Gasteiger partial charge < -0.3 is 14.8 Å². The maximum Gasteiger partial charge on any atom is 0.387 e. The fourth-order valence-electron chi connectivity index (χ4n) is 3.00. The number of hydrogen-bond donors (Lipinski definition) is 2. The van der Waals surface area contributed by atoms with Crippen LogP contribution in [0.1, 0.15) is 17.5 Å². The third-order valence-corrected chi connectivity index (χ3v) is 5.89. The van der Waals surface area contributed by atoms with Crippen LogP contribution in [-0.2, 0) is 27.7 Å². The Bertz CT molecular complexity index is 1010. The van der Waals surface area contributed by atoms with Gasteiger partial charge in [-0.3, -0.25) is 4.79 Å². The Balaban J connectivity index is 1.64. The number of ether oxygens (including phenoxy) is 2. The Morgan fingerprint density at radius 3 is 2.66 bits per heavy atom. The van der Waals surface area contributed by atoms with Gasteiger partial charge in [0, 0.05) is 18.7 Å². The number of methoxy groups -OCH3 is 1. The first-order valence-corrected chi connectivity index (χ1v) is 10.3. The predicted molar refractivity (Wildman–Crippen MR) is 102 cm³/mol. The molecular formula is C19H20F2N2O5S. The molecule has 3 rings (SSSR count). The van der Waals surface area contributed by atoms with Crippen LogP contribution in [0, 0.1) is 0 Å². The van der Waals surface area contributed by atoms with Crippen LogP contribution in [-0.4, -0.2) is 34.6 Å². The van der Waals surface area contributed by atoms with Crippen molar-refractivity contribution < 1.29 is 31.5 Å². The number of nitrogens with one attached hydrogen (secondary N) is 2. The van der Waals surface area contributed by atoms with Crippen LogP contribution in [0.15, 0.2) is 41.3 Å². The molecule has 2 aromatic carbocycles. The minimum atomic E-state index is -3.74. The lowest BCUT2D eigenvalue weighted by atomic mass is 10.0. The number of halogens is 2. The number of hydrogen-bond acceptors (Lipinski definition) is 5. The second-order valence-corrected chi connectivity index (χ2v) is 8.15. The molecule has 1 aliphatic rings. The van der Waals surface area contributed by atoms with Crippen LogP contribution >= 0.6 is 0 Å².